The molecule has 0 aliphatic heterocycles. The molecule has 1 atom stereocenters. The molecule has 4 heteroatoms. The van der Waals surface area contributed by atoms with Crippen LogP contribution in [0, 0.1) is 11.3 Å². The third kappa shape index (κ3) is 2.13. The minimum Gasteiger partial charge on any atom is -0.396 e. The van der Waals surface area contributed by atoms with E-state index in [2.05, 4.69) is 0 Å². The average molecular weight is 164 g/mol. The van der Waals surface area contributed by atoms with Crippen LogP contribution in [0.2, 0.25) is 0 Å². The SMILES string of the molecule is CC(CO)C(CO)(CO)CO. The van der Waals surface area contributed by atoms with E-state index in [1.165, 1.54) is 0 Å². The highest BCUT2D eigenvalue weighted by molar-refractivity contribution is 4.82. The lowest BCUT2D eigenvalue weighted by molar-refractivity contribution is -0.0484. The molecule has 0 spiro atoms. The van der Waals surface area contributed by atoms with E-state index in [4.69, 9.17) is 20.4 Å². The van der Waals surface area contributed by atoms with Crippen LogP contribution in [0.15, 0.2) is 0 Å². The molecule has 0 saturated carbocycles. The Kier molecular flexibility index (Phi) is 4.60. The van der Waals surface area contributed by atoms with Crippen molar-refractivity contribution in [3.63, 3.8) is 0 Å². The molecule has 0 aliphatic rings. The van der Waals surface area contributed by atoms with Crippen LogP contribution >= 0.6 is 0 Å². The van der Waals surface area contributed by atoms with E-state index < -0.39 is 5.41 Å². The lowest BCUT2D eigenvalue weighted by Gasteiger charge is -2.32. The van der Waals surface area contributed by atoms with Gasteiger partial charge in [0.1, 0.15) is 0 Å². The average Bonchev–Trinajstić information content (AvgIpc) is 2.08. The second-order valence-corrected chi connectivity index (χ2v) is 2.92. The normalized spacial score (nSPS) is 15.0. The zero-order valence-corrected chi connectivity index (χ0v) is 6.69. The fourth-order valence-electron chi connectivity index (χ4n) is 0.811. The predicted molar refractivity (Wildman–Crippen MR) is 39.9 cm³/mol. The largest absolute Gasteiger partial charge is 0.396 e. The summed E-state index contributed by atoms with van der Waals surface area (Å²) in [5.74, 6) is -0.303. The molecule has 0 fully saturated rings. The van der Waals surface area contributed by atoms with Gasteiger partial charge in [0.25, 0.3) is 0 Å². The highest BCUT2D eigenvalue weighted by atomic mass is 16.3. The Labute approximate surface area is 66.1 Å². The van der Waals surface area contributed by atoms with Crippen molar-refractivity contribution in [1.82, 2.24) is 0 Å². The molecule has 0 aliphatic carbocycles. The smallest absolute Gasteiger partial charge is 0.0535 e. The molecule has 0 bridgehead atoms. The van der Waals surface area contributed by atoms with E-state index in [1.54, 1.807) is 6.92 Å². The maximum atomic E-state index is 8.85. The van der Waals surface area contributed by atoms with Gasteiger partial charge in [-0.1, -0.05) is 6.92 Å². The summed E-state index contributed by atoms with van der Waals surface area (Å²) in [6, 6.07) is 0. The highest BCUT2D eigenvalue weighted by Crippen LogP contribution is 2.25. The first kappa shape index (κ1) is 10.8. The third-order valence-corrected chi connectivity index (χ3v) is 2.26. The summed E-state index contributed by atoms with van der Waals surface area (Å²) in [5.41, 5.74) is -0.950. The molecule has 4 N–H and O–H groups in total. The summed E-state index contributed by atoms with van der Waals surface area (Å²) in [6.45, 7) is 0.565. The monoisotopic (exact) mass is 164 g/mol. The van der Waals surface area contributed by atoms with Gasteiger partial charge in [0.2, 0.25) is 0 Å². The van der Waals surface area contributed by atoms with Crippen molar-refractivity contribution in [3.05, 3.63) is 0 Å². The Morgan fingerprint density at radius 3 is 1.45 bits per heavy atom. The second kappa shape index (κ2) is 4.66. The van der Waals surface area contributed by atoms with E-state index in [0.29, 0.717) is 0 Å². The molecule has 0 heterocycles. The molecule has 0 aromatic carbocycles. The van der Waals surface area contributed by atoms with Crippen molar-refractivity contribution >= 4 is 0 Å². The van der Waals surface area contributed by atoms with E-state index >= 15 is 0 Å². The summed E-state index contributed by atoms with van der Waals surface area (Å²) in [6.07, 6.45) is 0. The molecule has 0 aromatic rings. The molecular weight excluding hydrogens is 148 g/mol. The second-order valence-electron chi connectivity index (χ2n) is 2.92. The number of aliphatic hydroxyl groups is 4. The minimum absolute atomic E-state index is 0.151. The molecule has 0 aromatic heterocycles. The van der Waals surface area contributed by atoms with Crippen LogP contribution in [-0.2, 0) is 0 Å². The predicted octanol–water partition coefficient (Wildman–Crippen LogP) is -1.42. The molecule has 11 heavy (non-hydrogen) atoms. The molecule has 68 valence electrons. The number of hydrogen-bond acceptors (Lipinski definition) is 4. The molecule has 0 saturated heterocycles. The Bertz CT molecular complexity index is 92.3. The first-order chi connectivity index (χ1) is 5.16. The summed E-state index contributed by atoms with van der Waals surface area (Å²) >= 11 is 0. The van der Waals surface area contributed by atoms with Crippen LogP contribution in [-0.4, -0.2) is 46.9 Å². The zero-order chi connectivity index (χ0) is 8.91. The molecule has 0 radical (unpaired) electrons. The summed E-state index contributed by atoms with van der Waals surface area (Å²) in [5, 5.41) is 35.3. The maximum absolute atomic E-state index is 8.85. The van der Waals surface area contributed by atoms with Gasteiger partial charge in [-0.15, -0.1) is 0 Å². The quantitative estimate of drug-likeness (QED) is 0.402. The standard InChI is InChI=1S/C7H16O4/c1-6(2-8)7(3-9,4-10)5-11/h6,8-11H,2-5H2,1H3. The third-order valence-electron chi connectivity index (χ3n) is 2.26. The van der Waals surface area contributed by atoms with Crippen molar-refractivity contribution in [2.24, 2.45) is 11.3 Å². The summed E-state index contributed by atoms with van der Waals surface area (Å²) in [4.78, 5) is 0. The Hall–Kier alpha value is -0.160. The van der Waals surface area contributed by atoms with Crippen LogP contribution < -0.4 is 0 Å². The van der Waals surface area contributed by atoms with Crippen LogP contribution in [0.5, 0.6) is 0 Å². The highest BCUT2D eigenvalue weighted by Gasteiger charge is 2.33. The number of hydrogen-bond donors (Lipinski definition) is 4. The lowest BCUT2D eigenvalue weighted by atomic mass is 9.79. The molecule has 1 unspecified atom stereocenters. The molecular formula is C7H16O4. The van der Waals surface area contributed by atoms with Crippen LogP contribution in [0.3, 0.4) is 0 Å². The van der Waals surface area contributed by atoms with Gasteiger partial charge in [0, 0.05) is 12.0 Å². The fourth-order valence-corrected chi connectivity index (χ4v) is 0.811. The zero-order valence-electron chi connectivity index (χ0n) is 6.69. The summed E-state index contributed by atoms with van der Waals surface area (Å²) < 4.78 is 0. The first-order valence-electron chi connectivity index (χ1n) is 3.60. The van der Waals surface area contributed by atoms with Crippen molar-refractivity contribution in [2.75, 3.05) is 26.4 Å². The number of aliphatic hydroxyl groups excluding tert-OH is 4. The van der Waals surface area contributed by atoms with Gasteiger partial charge in [-0.2, -0.15) is 0 Å². The van der Waals surface area contributed by atoms with E-state index in [1.807, 2.05) is 0 Å². The Morgan fingerprint density at radius 1 is 1.00 bits per heavy atom. The molecule has 0 rings (SSSR count). The lowest BCUT2D eigenvalue weighted by Crippen LogP contribution is -2.41. The van der Waals surface area contributed by atoms with Gasteiger partial charge in [0.15, 0.2) is 0 Å². The topological polar surface area (TPSA) is 80.9 Å². The van der Waals surface area contributed by atoms with Gasteiger partial charge >= 0.3 is 0 Å². The Balaban J connectivity index is 4.26. The van der Waals surface area contributed by atoms with Crippen molar-refractivity contribution < 1.29 is 20.4 Å². The summed E-state index contributed by atoms with van der Waals surface area (Å²) in [7, 11) is 0. The fraction of sp³-hybridized carbons (Fsp3) is 1.00. The molecule has 0 amide bonds. The number of rotatable bonds is 5. The minimum atomic E-state index is -0.950. The van der Waals surface area contributed by atoms with Gasteiger partial charge in [0.05, 0.1) is 19.8 Å². The van der Waals surface area contributed by atoms with Crippen molar-refractivity contribution in [2.45, 2.75) is 6.92 Å². The van der Waals surface area contributed by atoms with Gasteiger partial charge in [-0.05, 0) is 5.92 Å². The molecule has 4 nitrogen and oxygen atoms in total. The van der Waals surface area contributed by atoms with Crippen molar-refractivity contribution in [3.8, 4) is 0 Å². The van der Waals surface area contributed by atoms with E-state index in [9.17, 15) is 0 Å². The van der Waals surface area contributed by atoms with E-state index in [0.717, 1.165) is 0 Å². The van der Waals surface area contributed by atoms with E-state index in [-0.39, 0.29) is 32.3 Å². The van der Waals surface area contributed by atoms with Gasteiger partial charge < -0.3 is 20.4 Å². The van der Waals surface area contributed by atoms with Gasteiger partial charge in [-0.3, -0.25) is 0 Å². The Morgan fingerprint density at radius 2 is 1.36 bits per heavy atom. The van der Waals surface area contributed by atoms with Crippen LogP contribution in [0.25, 0.3) is 0 Å². The van der Waals surface area contributed by atoms with Crippen LogP contribution in [0.4, 0.5) is 0 Å². The van der Waals surface area contributed by atoms with Crippen molar-refractivity contribution in [1.29, 1.82) is 0 Å². The maximum Gasteiger partial charge on any atom is 0.0535 e. The first-order valence-corrected chi connectivity index (χ1v) is 3.60. The van der Waals surface area contributed by atoms with Crippen LogP contribution in [0.1, 0.15) is 6.92 Å². The van der Waals surface area contributed by atoms with Gasteiger partial charge in [-0.25, -0.2) is 0 Å².